The number of rotatable bonds is 12. The zero-order valence-corrected chi connectivity index (χ0v) is 25.2. The highest BCUT2D eigenvalue weighted by Gasteiger charge is 2.29. The molecule has 2 aliphatic carbocycles. The predicted molar refractivity (Wildman–Crippen MR) is 168 cm³/mol. The lowest BCUT2D eigenvalue weighted by Gasteiger charge is -2.24. The van der Waals surface area contributed by atoms with Gasteiger partial charge in [0, 0.05) is 36.8 Å². The second kappa shape index (κ2) is 11.9. The van der Waals surface area contributed by atoms with E-state index < -0.39 is 0 Å². The number of unbranched alkanes of at least 4 members (excludes halogenated alkanes) is 6. The Kier molecular flexibility index (Phi) is 7.71. The van der Waals surface area contributed by atoms with Crippen LogP contribution < -0.4 is 0 Å². The van der Waals surface area contributed by atoms with Crippen LogP contribution in [0, 0.1) is 0 Å². The average molecular weight is 563 g/mol. The number of fused-ring (bicyclic) bond motifs is 7. The fourth-order valence-corrected chi connectivity index (χ4v) is 6.91. The Morgan fingerprint density at radius 3 is 1.38 bits per heavy atom. The van der Waals surface area contributed by atoms with E-state index in [0.717, 1.165) is 84.6 Å². The lowest BCUT2D eigenvalue weighted by Crippen LogP contribution is -2.10. The maximum absolute atomic E-state index is 6.38. The molecule has 0 N–H and O–H groups in total. The van der Waals surface area contributed by atoms with E-state index >= 15 is 0 Å². The molecule has 4 aromatic heterocycles. The molecule has 1 aromatic carbocycles. The molecule has 4 nitrogen and oxygen atoms in total. The summed E-state index contributed by atoms with van der Waals surface area (Å²) in [6.07, 6.45) is 15.8. The summed E-state index contributed by atoms with van der Waals surface area (Å²) in [6.45, 7) is 4.49. The number of hydrogen-bond donors (Lipinski definition) is 0. The minimum Gasteiger partial charge on any atom is -0.458 e. The minimum absolute atomic E-state index is 0.840. The van der Waals surface area contributed by atoms with E-state index in [-0.39, 0.29) is 0 Å². The number of hydrogen-bond acceptors (Lipinski definition) is 4. The molecule has 2 aliphatic rings. The van der Waals surface area contributed by atoms with E-state index in [1.54, 1.807) is 0 Å². The van der Waals surface area contributed by atoms with Crippen molar-refractivity contribution in [2.45, 2.75) is 104 Å². The highest BCUT2D eigenvalue weighted by Crippen LogP contribution is 2.46. The fourth-order valence-electron chi connectivity index (χ4n) is 6.91. The van der Waals surface area contributed by atoms with Gasteiger partial charge in [-0.25, -0.2) is 0 Å². The van der Waals surface area contributed by atoms with Gasteiger partial charge in [0.1, 0.15) is 23.0 Å². The number of benzene rings is 1. The van der Waals surface area contributed by atoms with Crippen LogP contribution in [0.4, 0.5) is 0 Å². The molecule has 0 radical (unpaired) electrons. The van der Waals surface area contributed by atoms with Crippen LogP contribution >= 0.6 is 0 Å². The smallest absolute Gasteiger partial charge is 0.170 e. The van der Waals surface area contributed by atoms with Gasteiger partial charge in [-0.1, -0.05) is 64.5 Å². The van der Waals surface area contributed by atoms with E-state index in [1.165, 1.54) is 84.7 Å². The lowest BCUT2D eigenvalue weighted by molar-refractivity contribution is 0.466. The van der Waals surface area contributed by atoms with Crippen LogP contribution in [-0.2, 0) is 38.5 Å². The van der Waals surface area contributed by atoms with Crippen LogP contribution in [0.3, 0.4) is 0 Å². The van der Waals surface area contributed by atoms with Gasteiger partial charge in [0.05, 0.1) is 0 Å². The molecule has 0 saturated carbocycles. The highest BCUT2D eigenvalue weighted by atomic mass is 16.4. The van der Waals surface area contributed by atoms with Crippen molar-refractivity contribution in [1.82, 2.24) is 0 Å². The van der Waals surface area contributed by atoms with Crippen LogP contribution in [0.5, 0.6) is 0 Å². The molecule has 0 unspecified atom stereocenters. The Labute approximate surface area is 249 Å². The second-order valence-corrected chi connectivity index (χ2v) is 12.2. The number of furan rings is 4. The third-order valence-corrected chi connectivity index (χ3v) is 9.20. The molecule has 0 fully saturated rings. The first kappa shape index (κ1) is 27.2. The highest BCUT2D eigenvalue weighted by molar-refractivity contribution is 5.83. The zero-order valence-electron chi connectivity index (χ0n) is 25.2. The van der Waals surface area contributed by atoms with Crippen molar-refractivity contribution >= 4 is 0 Å². The van der Waals surface area contributed by atoms with Crippen LogP contribution in [0.15, 0.2) is 66.2 Å². The Balaban J connectivity index is 1.12. The maximum atomic E-state index is 6.38. The fraction of sp³-hybridized carbons (Fsp3) is 0.421. The molecule has 0 spiro atoms. The summed E-state index contributed by atoms with van der Waals surface area (Å²) >= 11 is 0. The van der Waals surface area contributed by atoms with Crippen molar-refractivity contribution in [3.8, 4) is 45.3 Å². The summed E-state index contributed by atoms with van der Waals surface area (Å²) in [7, 11) is 0. The van der Waals surface area contributed by atoms with Gasteiger partial charge in [-0.05, 0) is 84.3 Å². The molecular formula is C38H42O4. The Hall–Kier alpha value is -3.66. The SMILES string of the molecule is CCCCCCc1ccc(-c2cc3c(o2)CCc2c-3ccc3c2CCc2oc(-c4ccc(CCCCCC)o4)cc2-3)o1. The van der Waals surface area contributed by atoms with Crippen molar-refractivity contribution < 1.29 is 17.7 Å². The normalized spacial score (nSPS) is 13.6. The summed E-state index contributed by atoms with van der Waals surface area (Å²) < 4.78 is 25.2. The van der Waals surface area contributed by atoms with Crippen molar-refractivity contribution in [2.75, 3.05) is 0 Å². The maximum Gasteiger partial charge on any atom is 0.170 e. The standard InChI is InChI=1S/C38H42O4/c1-3-5-7-9-11-25-13-19-35(39-25)37-23-31-29-15-16-30-28(27(29)17-21-33(31)41-37)18-22-34-32(30)24-38(42-34)36-20-14-26(40-36)12-10-8-6-4-2/h13-16,19-20,23-24H,3-12,17-18,21-22H2,1-2H3. The summed E-state index contributed by atoms with van der Waals surface area (Å²) in [5, 5.41) is 0. The first-order valence-corrected chi connectivity index (χ1v) is 16.3. The Morgan fingerprint density at radius 1 is 0.452 bits per heavy atom. The van der Waals surface area contributed by atoms with Crippen LogP contribution in [0.1, 0.15) is 99.4 Å². The second-order valence-electron chi connectivity index (χ2n) is 12.2. The van der Waals surface area contributed by atoms with Gasteiger partial charge >= 0.3 is 0 Å². The summed E-state index contributed by atoms with van der Waals surface area (Å²) in [5.74, 6) is 7.62. The first-order valence-electron chi connectivity index (χ1n) is 16.3. The lowest BCUT2D eigenvalue weighted by atomic mass is 9.79. The molecule has 42 heavy (non-hydrogen) atoms. The number of aryl methyl sites for hydroxylation is 4. The van der Waals surface area contributed by atoms with Gasteiger partial charge in [-0.15, -0.1) is 0 Å². The molecule has 0 atom stereocenters. The molecule has 7 rings (SSSR count). The van der Waals surface area contributed by atoms with Crippen LogP contribution in [-0.4, -0.2) is 0 Å². The van der Waals surface area contributed by atoms with E-state index in [9.17, 15) is 0 Å². The van der Waals surface area contributed by atoms with Gasteiger partial charge < -0.3 is 17.7 Å². The Bertz CT molecular complexity index is 1550. The molecule has 0 saturated heterocycles. The monoisotopic (exact) mass is 562 g/mol. The molecule has 4 heteroatoms. The average Bonchev–Trinajstić information content (AvgIpc) is 3.82. The summed E-state index contributed by atoms with van der Waals surface area (Å²) in [6, 6.07) is 17.3. The van der Waals surface area contributed by atoms with E-state index in [0.29, 0.717) is 0 Å². The molecule has 4 heterocycles. The molecule has 0 amide bonds. The Morgan fingerprint density at radius 2 is 0.929 bits per heavy atom. The summed E-state index contributed by atoms with van der Waals surface area (Å²) in [5.41, 5.74) is 7.98. The van der Waals surface area contributed by atoms with Crippen LogP contribution in [0.25, 0.3) is 45.3 Å². The topological polar surface area (TPSA) is 52.6 Å². The molecular weight excluding hydrogens is 520 g/mol. The van der Waals surface area contributed by atoms with Crippen molar-refractivity contribution in [1.29, 1.82) is 0 Å². The molecule has 0 bridgehead atoms. The predicted octanol–water partition coefficient (Wildman–Crippen LogP) is 11.2. The largest absolute Gasteiger partial charge is 0.458 e. The molecule has 218 valence electrons. The van der Waals surface area contributed by atoms with Crippen LogP contribution in [0.2, 0.25) is 0 Å². The van der Waals surface area contributed by atoms with Crippen molar-refractivity contribution in [3.05, 3.63) is 82.7 Å². The van der Waals surface area contributed by atoms with Gasteiger partial charge in [-0.3, -0.25) is 0 Å². The van der Waals surface area contributed by atoms with E-state index in [4.69, 9.17) is 17.7 Å². The zero-order chi connectivity index (χ0) is 28.5. The van der Waals surface area contributed by atoms with Gasteiger partial charge in [0.15, 0.2) is 23.0 Å². The van der Waals surface area contributed by atoms with Crippen molar-refractivity contribution in [2.24, 2.45) is 0 Å². The quantitative estimate of drug-likeness (QED) is 0.142. The third kappa shape index (κ3) is 5.21. The molecule has 0 aliphatic heterocycles. The molecule has 5 aromatic rings. The van der Waals surface area contributed by atoms with Gasteiger partial charge in [0.25, 0.3) is 0 Å². The third-order valence-electron chi connectivity index (χ3n) is 9.20. The van der Waals surface area contributed by atoms with Gasteiger partial charge in [-0.2, -0.15) is 0 Å². The van der Waals surface area contributed by atoms with Crippen molar-refractivity contribution in [3.63, 3.8) is 0 Å². The first-order chi connectivity index (χ1) is 20.7. The summed E-state index contributed by atoms with van der Waals surface area (Å²) in [4.78, 5) is 0. The van der Waals surface area contributed by atoms with E-state index in [1.807, 2.05) is 0 Å². The van der Waals surface area contributed by atoms with E-state index in [2.05, 4.69) is 62.4 Å². The minimum atomic E-state index is 0.840. The van der Waals surface area contributed by atoms with Gasteiger partial charge in [0.2, 0.25) is 0 Å².